The SMILES string of the molecule is OC[C@@]1(c2ccccc2)C/C1=C\C1CCCCC1. The van der Waals surface area contributed by atoms with Crippen molar-refractivity contribution < 1.29 is 5.11 Å². The molecule has 2 aliphatic carbocycles. The van der Waals surface area contributed by atoms with Gasteiger partial charge in [0.25, 0.3) is 0 Å². The van der Waals surface area contributed by atoms with Crippen molar-refractivity contribution in [1.82, 2.24) is 0 Å². The van der Waals surface area contributed by atoms with Crippen LogP contribution >= 0.6 is 0 Å². The lowest BCUT2D eigenvalue weighted by Gasteiger charge is -2.18. The second-order valence-electron chi connectivity index (χ2n) is 5.87. The van der Waals surface area contributed by atoms with Crippen LogP contribution in [0.2, 0.25) is 0 Å². The predicted molar refractivity (Wildman–Crippen MR) is 74.5 cm³/mol. The number of allylic oxidation sites excluding steroid dienone is 1. The molecule has 0 spiro atoms. The Hall–Kier alpha value is -1.08. The summed E-state index contributed by atoms with van der Waals surface area (Å²) in [7, 11) is 0. The van der Waals surface area contributed by atoms with Crippen LogP contribution < -0.4 is 0 Å². The van der Waals surface area contributed by atoms with Gasteiger partial charge in [-0.25, -0.2) is 0 Å². The monoisotopic (exact) mass is 242 g/mol. The minimum atomic E-state index is -0.0291. The topological polar surface area (TPSA) is 20.2 Å². The molecule has 3 rings (SSSR count). The van der Waals surface area contributed by atoms with E-state index in [0.717, 1.165) is 12.3 Å². The van der Waals surface area contributed by atoms with Crippen molar-refractivity contribution in [3.8, 4) is 0 Å². The molecule has 0 bridgehead atoms. The summed E-state index contributed by atoms with van der Waals surface area (Å²) in [5, 5.41) is 9.77. The molecule has 1 heteroatoms. The summed E-state index contributed by atoms with van der Waals surface area (Å²) in [6, 6.07) is 10.5. The van der Waals surface area contributed by atoms with Crippen LogP contribution in [0.5, 0.6) is 0 Å². The molecule has 2 saturated carbocycles. The Labute approximate surface area is 110 Å². The highest BCUT2D eigenvalue weighted by Gasteiger charge is 2.49. The first-order chi connectivity index (χ1) is 8.85. The van der Waals surface area contributed by atoms with E-state index in [1.54, 1.807) is 0 Å². The minimum absolute atomic E-state index is 0.0291. The zero-order chi connectivity index (χ0) is 12.4. The van der Waals surface area contributed by atoms with Gasteiger partial charge in [-0.1, -0.05) is 61.2 Å². The number of hydrogen-bond acceptors (Lipinski definition) is 1. The lowest BCUT2D eigenvalue weighted by Crippen LogP contribution is -2.13. The van der Waals surface area contributed by atoms with E-state index in [2.05, 4.69) is 30.3 Å². The Morgan fingerprint density at radius 2 is 1.83 bits per heavy atom. The molecule has 1 N–H and O–H groups in total. The van der Waals surface area contributed by atoms with Crippen molar-refractivity contribution in [2.24, 2.45) is 5.92 Å². The number of aliphatic hydroxyl groups excluding tert-OH is 1. The Morgan fingerprint density at radius 3 is 2.50 bits per heavy atom. The number of benzene rings is 1. The minimum Gasteiger partial charge on any atom is -0.395 e. The molecule has 0 heterocycles. The third kappa shape index (κ3) is 2.12. The standard InChI is InChI=1S/C17H22O/c18-13-17(15-9-5-2-6-10-15)12-16(17)11-14-7-3-1-4-8-14/h2,5-6,9-11,14,18H,1,3-4,7-8,12-13H2/b16-11+/t17-/m1/s1. The van der Waals surface area contributed by atoms with Crippen molar-refractivity contribution in [2.45, 2.75) is 43.9 Å². The van der Waals surface area contributed by atoms with Crippen molar-refractivity contribution in [3.63, 3.8) is 0 Å². The molecular formula is C17H22O. The van der Waals surface area contributed by atoms with Crippen LogP contribution in [0, 0.1) is 5.92 Å². The molecule has 96 valence electrons. The second kappa shape index (κ2) is 4.89. The Balaban J connectivity index is 1.78. The van der Waals surface area contributed by atoms with Crippen LogP contribution in [0.3, 0.4) is 0 Å². The zero-order valence-corrected chi connectivity index (χ0v) is 10.9. The third-order valence-corrected chi connectivity index (χ3v) is 4.66. The summed E-state index contributed by atoms with van der Waals surface area (Å²) in [6.45, 7) is 0.259. The second-order valence-corrected chi connectivity index (χ2v) is 5.87. The lowest BCUT2D eigenvalue weighted by molar-refractivity contribution is 0.260. The van der Waals surface area contributed by atoms with E-state index < -0.39 is 0 Å². The van der Waals surface area contributed by atoms with E-state index in [4.69, 9.17) is 0 Å². The van der Waals surface area contributed by atoms with Gasteiger partial charge in [0.15, 0.2) is 0 Å². The average Bonchev–Trinajstić information content (AvgIpc) is 3.15. The maximum Gasteiger partial charge on any atom is 0.0568 e. The van der Waals surface area contributed by atoms with Gasteiger partial charge in [0.05, 0.1) is 6.61 Å². The molecule has 0 radical (unpaired) electrons. The van der Waals surface area contributed by atoms with Crippen LogP contribution in [-0.2, 0) is 5.41 Å². The molecule has 18 heavy (non-hydrogen) atoms. The highest BCUT2D eigenvalue weighted by Crippen LogP contribution is 2.54. The number of aliphatic hydroxyl groups is 1. The summed E-state index contributed by atoms with van der Waals surface area (Å²) in [5.74, 6) is 0.769. The van der Waals surface area contributed by atoms with Crippen LogP contribution in [0.1, 0.15) is 44.1 Å². The first-order valence-electron chi connectivity index (χ1n) is 7.23. The van der Waals surface area contributed by atoms with Gasteiger partial charge in [0, 0.05) is 5.41 Å². The molecule has 0 aliphatic heterocycles. The van der Waals surface area contributed by atoms with Crippen LogP contribution in [0.4, 0.5) is 0 Å². The van der Waals surface area contributed by atoms with E-state index in [9.17, 15) is 5.11 Å². The first-order valence-corrected chi connectivity index (χ1v) is 7.23. The van der Waals surface area contributed by atoms with Gasteiger partial charge >= 0.3 is 0 Å². The van der Waals surface area contributed by atoms with Crippen molar-refractivity contribution in [2.75, 3.05) is 6.61 Å². The van der Waals surface area contributed by atoms with Gasteiger partial charge in [-0.2, -0.15) is 0 Å². The first kappa shape index (κ1) is 12.0. The van der Waals surface area contributed by atoms with Crippen molar-refractivity contribution in [3.05, 3.63) is 47.5 Å². The molecule has 2 aliphatic rings. The molecule has 0 saturated heterocycles. The Bertz CT molecular complexity index is 428. The third-order valence-electron chi connectivity index (χ3n) is 4.66. The molecule has 1 atom stereocenters. The molecule has 0 amide bonds. The summed E-state index contributed by atoms with van der Waals surface area (Å²) >= 11 is 0. The predicted octanol–water partition coefficient (Wildman–Crippen LogP) is 3.83. The van der Waals surface area contributed by atoms with E-state index in [0.29, 0.717) is 0 Å². The van der Waals surface area contributed by atoms with Crippen LogP contribution in [0.25, 0.3) is 0 Å². The molecular weight excluding hydrogens is 220 g/mol. The fraction of sp³-hybridized carbons (Fsp3) is 0.529. The van der Waals surface area contributed by atoms with Crippen LogP contribution in [0.15, 0.2) is 42.0 Å². The normalized spacial score (nSPS) is 30.6. The summed E-state index contributed by atoms with van der Waals surface area (Å²) in [4.78, 5) is 0. The highest BCUT2D eigenvalue weighted by atomic mass is 16.3. The van der Waals surface area contributed by atoms with Gasteiger partial charge in [0.1, 0.15) is 0 Å². The molecule has 1 nitrogen and oxygen atoms in total. The highest BCUT2D eigenvalue weighted by molar-refractivity contribution is 5.50. The zero-order valence-electron chi connectivity index (χ0n) is 10.9. The fourth-order valence-electron chi connectivity index (χ4n) is 3.38. The van der Waals surface area contributed by atoms with Gasteiger partial charge in [0.2, 0.25) is 0 Å². The largest absolute Gasteiger partial charge is 0.395 e. The van der Waals surface area contributed by atoms with Crippen molar-refractivity contribution >= 4 is 0 Å². The van der Waals surface area contributed by atoms with Gasteiger partial charge in [-0.3, -0.25) is 0 Å². The van der Waals surface area contributed by atoms with Gasteiger partial charge in [-0.05, 0) is 30.7 Å². The maximum absolute atomic E-state index is 9.77. The molecule has 1 aromatic rings. The maximum atomic E-state index is 9.77. The molecule has 1 aromatic carbocycles. The van der Waals surface area contributed by atoms with Crippen LogP contribution in [-0.4, -0.2) is 11.7 Å². The van der Waals surface area contributed by atoms with Gasteiger partial charge < -0.3 is 5.11 Å². The molecule has 2 fully saturated rings. The Morgan fingerprint density at radius 1 is 1.11 bits per heavy atom. The quantitative estimate of drug-likeness (QED) is 0.799. The molecule has 0 aromatic heterocycles. The van der Waals surface area contributed by atoms with E-state index in [1.165, 1.54) is 43.2 Å². The number of hydrogen-bond donors (Lipinski definition) is 1. The fourth-order valence-corrected chi connectivity index (χ4v) is 3.38. The lowest BCUT2D eigenvalue weighted by atomic mass is 9.87. The Kier molecular flexibility index (Phi) is 3.25. The average molecular weight is 242 g/mol. The molecule has 0 unspecified atom stereocenters. The van der Waals surface area contributed by atoms with E-state index in [-0.39, 0.29) is 12.0 Å². The van der Waals surface area contributed by atoms with Gasteiger partial charge in [-0.15, -0.1) is 0 Å². The van der Waals surface area contributed by atoms with E-state index >= 15 is 0 Å². The van der Waals surface area contributed by atoms with E-state index in [1.807, 2.05) is 6.07 Å². The summed E-state index contributed by atoms with van der Waals surface area (Å²) in [5.41, 5.74) is 2.73. The van der Waals surface area contributed by atoms with Crippen molar-refractivity contribution in [1.29, 1.82) is 0 Å². The summed E-state index contributed by atoms with van der Waals surface area (Å²) < 4.78 is 0. The summed E-state index contributed by atoms with van der Waals surface area (Å²) in [6.07, 6.45) is 10.4. The smallest absolute Gasteiger partial charge is 0.0568 e. The number of rotatable bonds is 3.